The lowest BCUT2D eigenvalue weighted by molar-refractivity contribution is -0.384. The van der Waals surface area contributed by atoms with Crippen molar-refractivity contribution in [2.75, 3.05) is 0 Å². The van der Waals surface area contributed by atoms with Crippen LogP contribution in [0.5, 0.6) is 0 Å². The van der Waals surface area contributed by atoms with Gasteiger partial charge >= 0.3 is 0 Å². The maximum absolute atomic E-state index is 10.9. The molecule has 0 aliphatic heterocycles. The van der Waals surface area contributed by atoms with E-state index in [4.69, 9.17) is 0 Å². The predicted octanol–water partition coefficient (Wildman–Crippen LogP) is 5.02. The number of nitro benzene ring substituents is 1. The lowest BCUT2D eigenvalue weighted by atomic mass is 10.1. The van der Waals surface area contributed by atoms with E-state index in [0.29, 0.717) is 0 Å². The molecule has 1 aromatic heterocycles. The quantitative estimate of drug-likeness (QED) is 0.386. The summed E-state index contributed by atoms with van der Waals surface area (Å²) in [5.41, 5.74) is 1.92. The zero-order valence-corrected chi connectivity index (χ0v) is 12.2. The summed E-state index contributed by atoms with van der Waals surface area (Å²) in [7, 11) is 0. The highest BCUT2D eigenvalue weighted by atomic mass is 32.1. The van der Waals surface area contributed by atoms with Gasteiger partial charge in [-0.1, -0.05) is 36.4 Å². The first-order chi connectivity index (χ1) is 10.7. The van der Waals surface area contributed by atoms with Gasteiger partial charge in [0.1, 0.15) is 5.01 Å². The summed E-state index contributed by atoms with van der Waals surface area (Å²) < 4.78 is 0.831. The number of rotatable bonds is 2. The van der Waals surface area contributed by atoms with Crippen LogP contribution >= 0.6 is 11.3 Å². The van der Waals surface area contributed by atoms with Crippen molar-refractivity contribution in [3.63, 3.8) is 0 Å². The van der Waals surface area contributed by atoms with E-state index in [2.05, 4.69) is 29.2 Å². The fourth-order valence-electron chi connectivity index (χ4n) is 2.47. The number of thiazole rings is 1. The van der Waals surface area contributed by atoms with Crippen LogP contribution in [0.4, 0.5) is 5.69 Å². The number of hydrogen-bond acceptors (Lipinski definition) is 4. The van der Waals surface area contributed by atoms with Crippen molar-refractivity contribution in [1.29, 1.82) is 0 Å². The number of fused-ring (bicyclic) bond motifs is 2. The van der Waals surface area contributed by atoms with Gasteiger partial charge in [0.05, 0.1) is 15.1 Å². The van der Waals surface area contributed by atoms with Crippen LogP contribution in [0.2, 0.25) is 0 Å². The third kappa shape index (κ3) is 2.12. The fraction of sp³-hybridized carbons (Fsp3) is 0. The van der Waals surface area contributed by atoms with Crippen molar-refractivity contribution in [2.45, 2.75) is 0 Å². The molecule has 4 nitrogen and oxygen atoms in total. The highest BCUT2D eigenvalue weighted by Gasteiger charge is 2.11. The maximum atomic E-state index is 10.9. The Balaban J connectivity index is 1.86. The average Bonchev–Trinajstić information content (AvgIpc) is 2.97. The summed E-state index contributed by atoms with van der Waals surface area (Å²) >= 11 is 1.47. The van der Waals surface area contributed by atoms with Gasteiger partial charge in [-0.2, -0.15) is 0 Å². The van der Waals surface area contributed by atoms with E-state index in [-0.39, 0.29) is 10.6 Å². The summed E-state index contributed by atoms with van der Waals surface area (Å²) in [6, 6.07) is 19.1. The third-order valence-corrected chi connectivity index (χ3v) is 4.65. The molecule has 4 rings (SSSR count). The smallest absolute Gasteiger partial charge is 0.258 e. The average molecular weight is 306 g/mol. The summed E-state index contributed by atoms with van der Waals surface area (Å²) in [6.07, 6.45) is 0. The number of aromatic nitrogens is 1. The first-order valence-corrected chi connectivity index (χ1v) is 7.56. The highest BCUT2D eigenvalue weighted by molar-refractivity contribution is 7.21. The fourth-order valence-corrected chi connectivity index (χ4v) is 3.47. The van der Waals surface area contributed by atoms with Gasteiger partial charge in [0.2, 0.25) is 0 Å². The number of non-ortho nitro benzene ring substituents is 1. The molecule has 0 amide bonds. The second-order valence-electron chi connectivity index (χ2n) is 4.99. The van der Waals surface area contributed by atoms with E-state index in [9.17, 15) is 10.1 Å². The molecule has 0 radical (unpaired) electrons. The Morgan fingerprint density at radius 2 is 1.77 bits per heavy atom. The molecule has 0 atom stereocenters. The molecule has 0 aliphatic carbocycles. The Morgan fingerprint density at radius 1 is 0.955 bits per heavy atom. The summed E-state index contributed by atoms with van der Waals surface area (Å²) in [5, 5.41) is 14.1. The summed E-state index contributed by atoms with van der Waals surface area (Å²) in [4.78, 5) is 15.1. The molecule has 4 aromatic rings. The molecule has 0 spiro atoms. The van der Waals surface area contributed by atoms with Crippen molar-refractivity contribution < 1.29 is 4.92 Å². The van der Waals surface area contributed by atoms with Crippen LogP contribution in [0.1, 0.15) is 0 Å². The molecule has 5 heteroatoms. The van der Waals surface area contributed by atoms with Gasteiger partial charge in [-0.3, -0.25) is 10.1 Å². The molecule has 0 saturated carbocycles. The molecule has 1 heterocycles. The van der Waals surface area contributed by atoms with E-state index in [1.54, 1.807) is 12.1 Å². The Labute approximate surface area is 129 Å². The molecular formula is C17H10N2O2S. The summed E-state index contributed by atoms with van der Waals surface area (Å²) in [6.45, 7) is 0. The van der Waals surface area contributed by atoms with Gasteiger partial charge in [0, 0.05) is 17.7 Å². The zero-order chi connectivity index (χ0) is 15.1. The normalized spacial score (nSPS) is 11.1. The van der Waals surface area contributed by atoms with Crippen LogP contribution < -0.4 is 0 Å². The lowest BCUT2D eigenvalue weighted by Gasteiger charge is -2.00. The summed E-state index contributed by atoms with van der Waals surface area (Å²) in [5.74, 6) is 0. The van der Waals surface area contributed by atoms with Crippen LogP contribution in [-0.2, 0) is 0 Å². The molecule has 0 N–H and O–H groups in total. The van der Waals surface area contributed by atoms with Gasteiger partial charge in [0.25, 0.3) is 5.69 Å². The van der Waals surface area contributed by atoms with Crippen molar-refractivity contribution in [2.24, 2.45) is 0 Å². The molecule has 0 saturated heterocycles. The predicted molar refractivity (Wildman–Crippen MR) is 89.2 cm³/mol. The largest absolute Gasteiger partial charge is 0.270 e. The molecule has 22 heavy (non-hydrogen) atoms. The minimum absolute atomic E-state index is 0.0983. The molecule has 0 bridgehead atoms. The minimum atomic E-state index is -0.380. The number of benzene rings is 3. The van der Waals surface area contributed by atoms with Gasteiger partial charge in [-0.05, 0) is 22.9 Å². The molecule has 106 valence electrons. The van der Waals surface area contributed by atoms with Gasteiger partial charge in [-0.25, -0.2) is 4.98 Å². The Hall–Kier alpha value is -2.79. The Bertz CT molecular complexity index is 1020. The van der Waals surface area contributed by atoms with E-state index >= 15 is 0 Å². The van der Waals surface area contributed by atoms with Crippen LogP contribution in [0.25, 0.3) is 31.6 Å². The van der Waals surface area contributed by atoms with E-state index in [1.807, 2.05) is 18.2 Å². The first-order valence-electron chi connectivity index (χ1n) is 6.75. The van der Waals surface area contributed by atoms with Crippen molar-refractivity contribution >= 4 is 38.0 Å². The second kappa shape index (κ2) is 4.89. The van der Waals surface area contributed by atoms with E-state index < -0.39 is 0 Å². The molecular weight excluding hydrogens is 296 g/mol. The second-order valence-corrected chi connectivity index (χ2v) is 6.02. The van der Waals surface area contributed by atoms with E-state index in [1.165, 1.54) is 22.8 Å². The van der Waals surface area contributed by atoms with Crippen LogP contribution in [0.3, 0.4) is 0 Å². The molecule has 0 fully saturated rings. The Kier molecular flexibility index (Phi) is 2.87. The van der Waals surface area contributed by atoms with Gasteiger partial charge in [0.15, 0.2) is 0 Å². The van der Waals surface area contributed by atoms with Crippen molar-refractivity contribution in [1.82, 2.24) is 4.98 Å². The van der Waals surface area contributed by atoms with Crippen molar-refractivity contribution in [3.8, 4) is 10.6 Å². The highest BCUT2D eigenvalue weighted by Crippen LogP contribution is 2.33. The van der Waals surface area contributed by atoms with Crippen LogP contribution in [-0.4, -0.2) is 9.91 Å². The number of hydrogen-bond donors (Lipinski definition) is 0. The van der Waals surface area contributed by atoms with Crippen molar-refractivity contribution in [3.05, 3.63) is 70.8 Å². The monoisotopic (exact) mass is 306 g/mol. The van der Waals surface area contributed by atoms with Gasteiger partial charge < -0.3 is 0 Å². The minimum Gasteiger partial charge on any atom is -0.258 e. The number of nitro groups is 1. The van der Waals surface area contributed by atoms with Gasteiger partial charge in [-0.15, -0.1) is 11.3 Å². The topological polar surface area (TPSA) is 56.0 Å². The zero-order valence-electron chi connectivity index (χ0n) is 11.4. The van der Waals surface area contributed by atoms with Crippen LogP contribution in [0.15, 0.2) is 60.7 Å². The molecule has 0 aliphatic rings. The third-order valence-electron chi connectivity index (χ3n) is 3.58. The lowest BCUT2D eigenvalue weighted by Crippen LogP contribution is -1.85. The molecule has 0 unspecified atom stereocenters. The standard InChI is InChI=1S/C17H10N2O2S/c20-19(21)14-7-8-15-16(10-14)22-17(18-15)13-6-5-11-3-1-2-4-12(11)9-13/h1-10H. The molecule has 3 aromatic carbocycles. The number of nitrogens with zero attached hydrogens (tertiary/aromatic N) is 2. The SMILES string of the molecule is O=[N+]([O-])c1ccc2nc(-c3ccc4ccccc4c3)sc2c1. The maximum Gasteiger partial charge on any atom is 0.270 e. The first kappa shape index (κ1) is 12.9. The van der Waals surface area contributed by atoms with E-state index in [0.717, 1.165) is 26.2 Å². The Morgan fingerprint density at radius 3 is 2.59 bits per heavy atom. The van der Waals surface area contributed by atoms with Crippen LogP contribution in [0, 0.1) is 10.1 Å².